The summed E-state index contributed by atoms with van der Waals surface area (Å²) in [7, 11) is 1.99. The molecule has 0 spiro atoms. The van der Waals surface area contributed by atoms with Gasteiger partial charge in [0.05, 0.1) is 0 Å². The van der Waals surface area contributed by atoms with Gasteiger partial charge in [-0.3, -0.25) is 10.4 Å². The van der Waals surface area contributed by atoms with Crippen molar-refractivity contribution in [2.45, 2.75) is 0 Å². The van der Waals surface area contributed by atoms with Gasteiger partial charge in [-0.25, -0.2) is 0 Å². The molecular formula is C8H10N4. The van der Waals surface area contributed by atoms with E-state index in [4.69, 9.17) is 0 Å². The SMILES string of the molecule is CN1CNN=C1c1cccnc1. The predicted octanol–water partition coefficient (Wildman–Crippen LogP) is 0.236. The van der Waals surface area contributed by atoms with Crippen molar-refractivity contribution >= 4 is 5.84 Å². The molecule has 0 aromatic carbocycles. The number of rotatable bonds is 1. The van der Waals surface area contributed by atoms with Crippen LogP contribution >= 0.6 is 0 Å². The number of hydrogen-bond donors (Lipinski definition) is 1. The molecule has 0 saturated carbocycles. The first-order valence-corrected chi connectivity index (χ1v) is 3.80. The van der Waals surface area contributed by atoms with E-state index < -0.39 is 0 Å². The quantitative estimate of drug-likeness (QED) is 0.643. The molecule has 1 N–H and O–H groups in total. The molecule has 1 aliphatic heterocycles. The van der Waals surface area contributed by atoms with E-state index in [0.717, 1.165) is 18.1 Å². The second-order valence-corrected chi connectivity index (χ2v) is 2.69. The van der Waals surface area contributed by atoms with Crippen LogP contribution in [0.3, 0.4) is 0 Å². The molecule has 0 saturated heterocycles. The van der Waals surface area contributed by atoms with Gasteiger partial charge in [-0.15, -0.1) is 0 Å². The first-order chi connectivity index (χ1) is 5.88. The van der Waals surface area contributed by atoms with Crippen LogP contribution in [0.1, 0.15) is 5.56 Å². The molecule has 1 aromatic heterocycles. The summed E-state index contributed by atoms with van der Waals surface area (Å²) in [5.74, 6) is 0.947. The second-order valence-electron chi connectivity index (χ2n) is 2.69. The van der Waals surface area contributed by atoms with E-state index in [1.54, 1.807) is 6.20 Å². The highest BCUT2D eigenvalue weighted by Gasteiger charge is 2.13. The van der Waals surface area contributed by atoms with Gasteiger partial charge in [0.25, 0.3) is 0 Å². The van der Waals surface area contributed by atoms with Crippen LogP contribution in [0.4, 0.5) is 0 Å². The average molecular weight is 162 g/mol. The summed E-state index contributed by atoms with van der Waals surface area (Å²) < 4.78 is 0. The van der Waals surface area contributed by atoms with Crippen LogP contribution in [0.2, 0.25) is 0 Å². The molecule has 0 unspecified atom stereocenters. The van der Waals surface area contributed by atoms with E-state index in [9.17, 15) is 0 Å². The average Bonchev–Trinajstić information content (AvgIpc) is 2.53. The molecule has 2 heterocycles. The van der Waals surface area contributed by atoms with Crippen LogP contribution < -0.4 is 5.43 Å². The van der Waals surface area contributed by atoms with Gasteiger partial charge in [0.1, 0.15) is 6.67 Å². The Morgan fingerprint density at radius 2 is 2.50 bits per heavy atom. The lowest BCUT2D eigenvalue weighted by molar-refractivity contribution is 0.506. The van der Waals surface area contributed by atoms with E-state index in [1.165, 1.54) is 0 Å². The monoisotopic (exact) mass is 162 g/mol. The lowest BCUT2D eigenvalue weighted by Crippen LogP contribution is -2.25. The zero-order chi connectivity index (χ0) is 8.39. The van der Waals surface area contributed by atoms with Gasteiger partial charge >= 0.3 is 0 Å². The van der Waals surface area contributed by atoms with E-state index in [1.807, 2.05) is 30.3 Å². The summed E-state index contributed by atoms with van der Waals surface area (Å²) in [6.07, 6.45) is 3.56. The van der Waals surface area contributed by atoms with Crippen LogP contribution in [0, 0.1) is 0 Å². The Hall–Kier alpha value is -1.58. The Balaban J connectivity index is 2.31. The molecule has 4 nitrogen and oxygen atoms in total. The van der Waals surface area contributed by atoms with E-state index in [-0.39, 0.29) is 0 Å². The fourth-order valence-electron chi connectivity index (χ4n) is 1.16. The third-order valence-corrected chi connectivity index (χ3v) is 1.77. The normalized spacial score (nSPS) is 15.8. The number of hydrazone groups is 1. The van der Waals surface area contributed by atoms with Crippen molar-refractivity contribution in [3.8, 4) is 0 Å². The van der Waals surface area contributed by atoms with Gasteiger partial charge in [0.15, 0.2) is 5.84 Å². The largest absolute Gasteiger partial charge is 0.339 e. The molecule has 12 heavy (non-hydrogen) atoms. The molecule has 0 radical (unpaired) electrons. The van der Waals surface area contributed by atoms with Gasteiger partial charge in [-0.05, 0) is 12.1 Å². The lowest BCUT2D eigenvalue weighted by atomic mass is 10.2. The third-order valence-electron chi connectivity index (χ3n) is 1.77. The van der Waals surface area contributed by atoms with E-state index >= 15 is 0 Å². The van der Waals surface area contributed by atoms with Gasteiger partial charge in [-0.2, -0.15) is 5.10 Å². The van der Waals surface area contributed by atoms with Crippen LogP contribution in [0.5, 0.6) is 0 Å². The van der Waals surface area contributed by atoms with Gasteiger partial charge in [0, 0.05) is 25.0 Å². The van der Waals surface area contributed by atoms with Gasteiger partial charge in [0.2, 0.25) is 0 Å². The number of aromatic nitrogens is 1. The lowest BCUT2D eigenvalue weighted by Gasteiger charge is -2.10. The van der Waals surface area contributed by atoms with Gasteiger partial charge in [-0.1, -0.05) is 0 Å². The number of pyridine rings is 1. The van der Waals surface area contributed by atoms with Crippen molar-refractivity contribution in [1.82, 2.24) is 15.3 Å². The summed E-state index contributed by atoms with van der Waals surface area (Å²) in [5.41, 5.74) is 3.95. The summed E-state index contributed by atoms with van der Waals surface area (Å²) in [6, 6.07) is 3.90. The standard InChI is InChI=1S/C8H10N4/c1-12-6-10-11-8(12)7-3-2-4-9-5-7/h2-5,10H,6H2,1H3. The summed E-state index contributed by atoms with van der Waals surface area (Å²) >= 11 is 0. The molecule has 1 aromatic rings. The van der Waals surface area contributed by atoms with Crippen molar-refractivity contribution in [2.24, 2.45) is 5.10 Å². The number of amidine groups is 1. The minimum absolute atomic E-state index is 0.768. The molecule has 62 valence electrons. The van der Waals surface area contributed by atoms with Crippen molar-refractivity contribution in [1.29, 1.82) is 0 Å². The summed E-state index contributed by atoms with van der Waals surface area (Å²) in [6.45, 7) is 0.768. The van der Waals surface area contributed by atoms with E-state index in [2.05, 4.69) is 15.5 Å². The first kappa shape index (κ1) is 7.09. The van der Waals surface area contributed by atoms with Crippen LogP contribution in [0.15, 0.2) is 29.6 Å². The fraction of sp³-hybridized carbons (Fsp3) is 0.250. The minimum atomic E-state index is 0.768. The van der Waals surface area contributed by atoms with Crippen LogP contribution in [-0.4, -0.2) is 29.4 Å². The van der Waals surface area contributed by atoms with Crippen molar-refractivity contribution < 1.29 is 0 Å². The zero-order valence-corrected chi connectivity index (χ0v) is 6.86. The van der Waals surface area contributed by atoms with Crippen molar-refractivity contribution in [3.63, 3.8) is 0 Å². The maximum absolute atomic E-state index is 4.14. The Bertz CT molecular complexity index is 293. The topological polar surface area (TPSA) is 40.5 Å². The smallest absolute Gasteiger partial charge is 0.158 e. The first-order valence-electron chi connectivity index (χ1n) is 3.80. The second kappa shape index (κ2) is 2.81. The fourth-order valence-corrected chi connectivity index (χ4v) is 1.16. The highest BCUT2D eigenvalue weighted by molar-refractivity contribution is 5.98. The molecule has 1 aliphatic rings. The Morgan fingerprint density at radius 3 is 3.08 bits per heavy atom. The summed E-state index contributed by atoms with van der Waals surface area (Å²) in [4.78, 5) is 6.07. The van der Waals surface area contributed by atoms with Crippen LogP contribution in [0.25, 0.3) is 0 Å². The Kier molecular flexibility index (Phi) is 1.66. The highest BCUT2D eigenvalue weighted by Crippen LogP contribution is 2.04. The van der Waals surface area contributed by atoms with Gasteiger partial charge < -0.3 is 4.90 Å². The van der Waals surface area contributed by atoms with Crippen molar-refractivity contribution in [2.75, 3.05) is 13.7 Å². The summed E-state index contributed by atoms with van der Waals surface area (Å²) in [5, 5.41) is 4.14. The molecule has 0 atom stereocenters. The maximum Gasteiger partial charge on any atom is 0.158 e. The Labute approximate surface area is 70.9 Å². The van der Waals surface area contributed by atoms with Crippen LogP contribution in [-0.2, 0) is 0 Å². The molecule has 4 heteroatoms. The number of hydrogen-bond acceptors (Lipinski definition) is 4. The molecule has 0 fully saturated rings. The molecule has 2 rings (SSSR count). The molecule has 0 aliphatic carbocycles. The van der Waals surface area contributed by atoms with Crippen molar-refractivity contribution in [3.05, 3.63) is 30.1 Å². The molecule has 0 bridgehead atoms. The number of nitrogens with zero attached hydrogens (tertiary/aromatic N) is 3. The molecular weight excluding hydrogens is 152 g/mol. The van der Waals surface area contributed by atoms with E-state index in [0.29, 0.717) is 0 Å². The maximum atomic E-state index is 4.14. The minimum Gasteiger partial charge on any atom is -0.339 e. The number of nitrogens with one attached hydrogen (secondary N) is 1. The predicted molar refractivity (Wildman–Crippen MR) is 46.5 cm³/mol. The Morgan fingerprint density at radius 1 is 1.58 bits per heavy atom. The highest BCUT2D eigenvalue weighted by atomic mass is 15.5. The molecule has 0 amide bonds. The zero-order valence-electron chi connectivity index (χ0n) is 6.86. The third kappa shape index (κ3) is 1.11.